The minimum absolute atomic E-state index is 0.0859. The van der Waals surface area contributed by atoms with E-state index in [0.29, 0.717) is 18.9 Å². The molecule has 5 rings (SSSR count). The van der Waals surface area contributed by atoms with Crippen LogP contribution in [0.4, 0.5) is 0 Å². The second-order valence-electron chi connectivity index (χ2n) is 11.7. The molecule has 0 aromatic heterocycles. The number of phenolic OH excluding ortho intramolecular Hbond substituents is 1. The fourth-order valence-corrected chi connectivity index (χ4v) is 7.10. The van der Waals surface area contributed by atoms with Gasteiger partial charge in [0.05, 0.1) is 17.2 Å². The van der Waals surface area contributed by atoms with E-state index in [4.69, 9.17) is 5.73 Å². The molecule has 10 nitrogen and oxygen atoms in total. The maximum absolute atomic E-state index is 13.9. The van der Waals surface area contributed by atoms with Crippen LogP contribution in [-0.4, -0.2) is 92.0 Å². The molecule has 1 unspecified atom stereocenters. The van der Waals surface area contributed by atoms with Crippen LogP contribution in [0.3, 0.4) is 0 Å². The van der Waals surface area contributed by atoms with Crippen LogP contribution >= 0.6 is 0 Å². The van der Waals surface area contributed by atoms with Crippen molar-refractivity contribution in [2.24, 2.45) is 23.5 Å². The summed E-state index contributed by atoms with van der Waals surface area (Å²) in [5, 5.41) is 55.9. The van der Waals surface area contributed by atoms with E-state index in [1.165, 1.54) is 6.07 Å². The number of hydrogen-bond acceptors (Lipinski definition) is 9. The van der Waals surface area contributed by atoms with Crippen LogP contribution in [0.2, 0.25) is 0 Å². The van der Waals surface area contributed by atoms with Crippen molar-refractivity contribution in [2.45, 2.75) is 56.9 Å². The third-order valence-corrected chi connectivity index (χ3v) is 9.17. The zero-order valence-corrected chi connectivity index (χ0v) is 22.0. The molecule has 0 radical (unpaired) electrons. The molecule has 1 aromatic rings. The number of fused-ring (bicyclic) bond motifs is 3. The zero-order chi connectivity index (χ0) is 27.7. The topological polar surface area (TPSA) is 168 Å². The van der Waals surface area contributed by atoms with Crippen molar-refractivity contribution in [3.63, 3.8) is 0 Å². The predicted molar refractivity (Wildman–Crippen MR) is 139 cm³/mol. The number of aliphatic hydroxyl groups excluding tert-OH is 3. The van der Waals surface area contributed by atoms with Crippen LogP contribution in [-0.2, 0) is 22.6 Å². The van der Waals surface area contributed by atoms with Crippen molar-refractivity contribution >= 4 is 17.4 Å². The molecular weight excluding hydrogens is 490 g/mol. The van der Waals surface area contributed by atoms with Gasteiger partial charge in [-0.25, -0.2) is 0 Å². The number of primary amides is 1. The smallest absolute Gasteiger partial charge is 0.250 e. The lowest BCUT2D eigenvalue weighted by Crippen LogP contribution is -2.68. The van der Waals surface area contributed by atoms with Gasteiger partial charge in [0.1, 0.15) is 23.4 Å². The van der Waals surface area contributed by atoms with Crippen molar-refractivity contribution in [2.75, 3.05) is 27.2 Å². The summed E-state index contributed by atoms with van der Waals surface area (Å²) in [5.41, 5.74) is 4.09. The molecule has 1 aromatic carbocycles. The number of carbonyl (C=O) groups excluding carboxylic acids is 2. The second-order valence-corrected chi connectivity index (χ2v) is 11.7. The van der Waals surface area contributed by atoms with Gasteiger partial charge in [0.15, 0.2) is 11.4 Å². The van der Waals surface area contributed by atoms with E-state index in [1.807, 2.05) is 6.07 Å². The number of piperidine rings is 1. The van der Waals surface area contributed by atoms with Crippen molar-refractivity contribution in [1.29, 1.82) is 0 Å². The fourth-order valence-electron chi connectivity index (χ4n) is 7.10. The van der Waals surface area contributed by atoms with Crippen molar-refractivity contribution < 1.29 is 35.1 Å². The summed E-state index contributed by atoms with van der Waals surface area (Å²) < 4.78 is 0. The first kappa shape index (κ1) is 26.7. The Morgan fingerprint density at radius 3 is 2.45 bits per heavy atom. The molecule has 206 valence electrons. The molecule has 1 saturated heterocycles. The van der Waals surface area contributed by atoms with Crippen LogP contribution in [0.1, 0.15) is 42.9 Å². The lowest BCUT2D eigenvalue weighted by molar-refractivity contribution is -0.170. The lowest BCUT2D eigenvalue weighted by atomic mass is 9.56. The number of aliphatic hydroxyl groups is 4. The van der Waals surface area contributed by atoms with E-state index >= 15 is 0 Å². The number of likely N-dealkylation sites (N-methyl/N-ethyl adjacent to an activating group) is 1. The Balaban J connectivity index is 1.60. The molecule has 0 bridgehead atoms. The molecule has 5 atom stereocenters. The molecule has 38 heavy (non-hydrogen) atoms. The van der Waals surface area contributed by atoms with Crippen LogP contribution in [0.5, 0.6) is 5.75 Å². The molecule has 4 aliphatic rings. The molecule has 3 aliphatic carbocycles. The number of Topliss-reactive ketones (excluding diaryl/α,β-unsaturated/α-hetero) is 1. The first-order valence-corrected chi connectivity index (χ1v) is 13.2. The average Bonchev–Trinajstić information content (AvgIpc) is 2.84. The Labute approximate surface area is 221 Å². The van der Waals surface area contributed by atoms with Crippen molar-refractivity contribution in [3.8, 4) is 5.75 Å². The van der Waals surface area contributed by atoms with Gasteiger partial charge in [-0.1, -0.05) is 13.0 Å². The minimum atomic E-state index is -2.50. The van der Waals surface area contributed by atoms with E-state index in [1.54, 1.807) is 19.0 Å². The maximum atomic E-state index is 13.9. The third-order valence-electron chi connectivity index (χ3n) is 9.17. The molecule has 10 heteroatoms. The van der Waals surface area contributed by atoms with E-state index in [-0.39, 0.29) is 23.3 Å². The van der Waals surface area contributed by atoms with Crippen LogP contribution in [0.15, 0.2) is 29.0 Å². The minimum Gasteiger partial charge on any atom is -0.510 e. The highest BCUT2D eigenvalue weighted by molar-refractivity contribution is 6.11. The summed E-state index contributed by atoms with van der Waals surface area (Å²) in [6.45, 7) is 4.80. The highest BCUT2D eigenvalue weighted by Crippen LogP contribution is 2.53. The number of nitrogens with zero attached hydrogens (tertiary/aromatic N) is 2. The highest BCUT2D eigenvalue weighted by Gasteiger charge is 2.64. The van der Waals surface area contributed by atoms with E-state index < -0.39 is 58.4 Å². The average molecular weight is 528 g/mol. The number of amides is 1. The fraction of sp³-hybridized carbons (Fsp3) is 0.571. The van der Waals surface area contributed by atoms with Gasteiger partial charge in [-0.05, 0) is 81.9 Å². The van der Waals surface area contributed by atoms with E-state index in [2.05, 4.69) is 11.8 Å². The number of hydrogen-bond donors (Lipinski definition) is 6. The maximum Gasteiger partial charge on any atom is 0.250 e. The molecule has 1 saturated carbocycles. The molecule has 2 fully saturated rings. The largest absolute Gasteiger partial charge is 0.510 e. The van der Waals surface area contributed by atoms with Gasteiger partial charge >= 0.3 is 0 Å². The summed E-state index contributed by atoms with van der Waals surface area (Å²) in [5.74, 6) is -3.97. The van der Waals surface area contributed by atoms with Gasteiger partial charge in [0.2, 0.25) is 0 Å². The van der Waals surface area contributed by atoms with Gasteiger partial charge in [-0.3, -0.25) is 19.4 Å². The summed E-state index contributed by atoms with van der Waals surface area (Å²) >= 11 is 0. The van der Waals surface area contributed by atoms with Crippen LogP contribution in [0.25, 0.3) is 5.76 Å². The number of ketones is 1. The Morgan fingerprint density at radius 1 is 1.18 bits per heavy atom. The highest BCUT2D eigenvalue weighted by atomic mass is 16.4. The van der Waals surface area contributed by atoms with E-state index in [9.17, 15) is 35.1 Å². The standard InChI is InChI=1S/C28H37N3O7/c1-13-6-8-31(9-7-13)12-14-4-5-18(32)20-16(14)10-15-11-17-22(30(2)3)24(34)21(27(29)37)26(36)28(17,38)25(35)19(15)23(20)33/h4-5,13,15,17,22,26,32-34,36,38H,6-12H2,1-3H3,(H2,29,37)/t15-,17-,22-,26?,28-/m0/s1. The summed E-state index contributed by atoms with van der Waals surface area (Å²) in [6, 6.07) is 2.40. The molecule has 1 amide bonds. The molecule has 1 heterocycles. The Hall–Kier alpha value is -2.92. The molecule has 0 spiro atoms. The second kappa shape index (κ2) is 9.37. The van der Waals surface area contributed by atoms with Gasteiger partial charge in [-0.2, -0.15) is 0 Å². The Kier molecular flexibility index (Phi) is 6.58. The van der Waals surface area contributed by atoms with Gasteiger partial charge in [0.25, 0.3) is 5.91 Å². The number of benzene rings is 1. The number of rotatable bonds is 4. The number of carbonyl (C=O) groups is 2. The predicted octanol–water partition coefficient (Wildman–Crippen LogP) is 0.988. The Morgan fingerprint density at radius 2 is 1.84 bits per heavy atom. The van der Waals surface area contributed by atoms with Crippen LogP contribution in [0, 0.1) is 17.8 Å². The number of likely N-dealkylation sites (tertiary alicyclic amines) is 1. The van der Waals surface area contributed by atoms with Gasteiger partial charge < -0.3 is 31.3 Å². The normalized spacial score (nSPS) is 32.3. The van der Waals surface area contributed by atoms with Gasteiger partial charge in [-0.15, -0.1) is 0 Å². The van der Waals surface area contributed by atoms with Crippen molar-refractivity contribution in [3.05, 3.63) is 45.7 Å². The SMILES string of the molecule is CC1CCN(Cc2ccc(O)c3c2C[C@H]2C[C@H]4[C@H](N(C)C)C(O)=C(C(N)=O)C(O)[C@@]4(O)C(=O)C2=C3O)CC1. The van der Waals surface area contributed by atoms with Gasteiger partial charge in [0, 0.05) is 18.0 Å². The first-order valence-electron chi connectivity index (χ1n) is 13.2. The van der Waals surface area contributed by atoms with Crippen molar-refractivity contribution in [1.82, 2.24) is 9.80 Å². The molecule has 7 N–H and O–H groups in total. The quantitative estimate of drug-likeness (QED) is 0.334. The van der Waals surface area contributed by atoms with Crippen LogP contribution < -0.4 is 5.73 Å². The first-order chi connectivity index (χ1) is 17.9. The summed E-state index contributed by atoms with van der Waals surface area (Å²) in [7, 11) is 3.27. The molecular formula is C28H37N3O7. The zero-order valence-electron chi connectivity index (χ0n) is 22.0. The monoisotopic (exact) mass is 527 g/mol. The molecule has 1 aliphatic heterocycles. The summed E-state index contributed by atoms with van der Waals surface area (Å²) in [6.07, 6.45) is 0.618. The number of nitrogens with two attached hydrogens (primary N) is 1. The number of phenols is 1. The van der Waals surface area contributed by atoms with E-state index in [0.717, 1.165) is 37.1 Å². The lowest BCUT2D eigenvalue weighted by Gasteiger charge is -2.53. The number of aromatic hydroxyl groups is 1. The Bertz CT molecular complexity index is 1250. The summed E-state index contributed by atoms with van der Waals surface area (Å²) in [4.78, 5) is 30.0. The third kappa shape index (κ3) is 3.85.